The van der Waals surface area contributed by atoms with Crippen molar-refractivity contribution in [2.45, 2.75) is 469 Å². The lowest BCUT2D eigenvalue weighted by atomic mass is 10.0. The number of carbonyl (C=O) groups is 2. The number of allylic oxidation sites excluding steroid dienone is 12. The van der Waals surface area contributed by atoms with Gasteiger partial charge in [-0.25, -0.2) is 0 Å². The monoisotopic (exact) mass is 1480 g/mol. The van der Waals surface area contributed by atoms with Crippen LogP contribution in [-0.2, 0) is 32.7 Å². The molecule has 2 atom stereocenters. The number of ether oxygens (including phenoxy) is 2. The molecule has 104 heavy (non-hydrogen) atoms. The maximum atomic E-state index is 12.9. The molecule has 0 aliphatic heterocycles. The first-order valence-electron chi connectivity index (χ1n) is 45.6. The normalized spacial score (nSPS) is 13.2. The smallest absolute Gasteiger partial charge is 0.306 e. The minimum atomic E-state index is -4.65. The molecule has 0 aliphatic carbocycles. The molecule has 2 unspecified atom stereocenters. The number of nitrogens with zero attached hydrogens (tertiary/aromatic N) is 1. The van der Waals surface area contributed by atoms with Crippen molar-refractivity contribution in [1.29, 1.82) is 0 Å². The SMILES string of the molecule is CC/C=C\C/C=C\C/C=C\C/C=C\C/C=C\C/C=C\CCCCCCCCCCCCCCCCCCCCCCC(=O)OC(COC(=O)CCCCCCCCCCCCCCCCCCCCCCCCCCCCCCCCCCCCCCCCCCC)COP(=O)([O-])OCC[N+](C)(C)C. The molecule has 0 aromatic rings. The van der Waals surface area contributed by atoms with Gasteiger partial charge >= 0.3 is 11.9 Å². The van der Waals surface area contributed by atoms with Crippen molar-refractivity contribution < 1.29 is 42.1 Å². The molecule has 0 saturated heterocycles. The van der Waals surface area contributed by atoms with Gasteiger partial charge in [-0.1, -0.05) is 459 Å². The van der Waals surface area contributed by atoms with Crippen molar-refractivity contribution in [2.75, 3.05) is 47.5 Å². The number of rotatable bonds is 86. The van der Waals surface area contributed by atoms with Crippen LogP contribution in [0.4, 0.5) is 0 Å². The molecule has 9 nitrogen and oxygen atoms in total. The molecule has 0 aliphatic rings. The Morgan fingerprint density at radius 3 is 0.817 bits per heavy atom. The van der Waals surface area contributed by atoms with E-state index in [0.29, 0.717) is 17.4 Å². The Morgan fingerprint density at radius 2 is 0.548 bits per heavy atom. The summed E-state index contributed by atoms with van der Waals surface area (Å²) in [6.45, 7) is 4.21. The Labute approximate surface area is 648 Å². The van der Waals surface area contributed by atoms with Crippen LogP contribution in [0.5, 0.6) is 0 Å². The van der Waals surface area contributed by atoms with E-state index >= 15 is 0 Å². The van der Waals surface area contributed by atoms with Gasteiger partial charge in [0.25, 0.3) is 7.82 Å². The highest BCUT2D eigenvalue weighted by molar-refractivity contribution is 7.45. The summed E-state index contributed by atoms with van der Waals surface area (Å²) in [6, 6.07) is 0. The lowest BCUT2D eigenvalue weighted by molar-refractivity contribution is -0.870. The fourth-order valence-electron chi connectivity index (χ4n) is 13.8. The molecule has 0 amide bonds. The van der Waals surface area contributed by atoms with E-state index in [4.69, 9.17) is 18.5 Å². The summed E-state index contributed by atoms with van der Waals surface area (Å²) in [6.07, 6.45) is 117. The standard InChI is InChI=1S/C94H176NO8P/c1-6-8-10-12-14-16-18-20-22-24-26-28-30-32-34-36-38-40-42-44-46-47-49-50-52-54-56-58-60-62-64-66-68-70-72-74-76-78-80-82-84-86-93(96)100-90-92(91-102-104(98,99)101-89-88-95(3,4)5)103-94(97)87-85-83-81-79-77-75-73-71-69-67-65-63-61-59-57-55-53-51-48-45-43-41-39-37-35-33-31-29-27-25-23-21-19-17-15-13-11-9-7-2/h9,11,15,17,21,23,27,29,33,35,39,41,92H,6-8,10,12-14,16,18-20,22,24-26,28,30-32,34,36-38,40,42-91H2,1-5H3/b11-9-,17-15-,23-21-,29-27-,35-33-,41-39-. The number of likely N-dealkylation sites (N-methyl/N-ethyl adjacent to an activating group) is 1. The fraction of sp³-hybridized carbons (Fsp3) is 0.851. The zero-order valence-electron chi connectivity index (χ0n) is 70.0. The van der Waals surface area contributed by atoms with Crippen molar-refractivity contribution in [3.63, 3.8) is 0 Å². The maximum absolute atomic E-state index is 12.9. The van der Waals surface area contributed by atoms with Crippen LogP contribution in [-0.4, -0.2) is 70.0 Å². The Morgan fingerprint density at radius 1 is 0.308 bits per heavy atom. The summed E-state index contributed by atoms with van der Waals surface area (Å²) in [7, 11) is 1.19. The van der Waals surface area contributed by atoms with E-state index in [1.807, 2.05) is 21.1 Å². The zero-order valence-corrected chi connectivity index (χ0v) is 70.9. The van der Waals surface area contributed by atoms with E-state index in [0.717, 1.165) is 70.6 Å². The van der Waals surface area contributed by atoms with E-state index in [-0.39, 0.29) is 32.0 Å². The van der Waals surface area contributed by atoms with Crippen LogP contribution in [0.3, 0.4) is 0 Å². The first-order valence-corrected chi connectivity index (χ1v) is 47.1. The highest BCUT2D eigenvalue weighted by Gasteiger charge is 2.22. The van der Waals surface area contributed by atoms with E-state index in [9.17, 15) is 19.0 Å². The van der Waals surface area contributed by atoms with Gasteiger partial charge < -0.3 is 27.9 Å². The van der Waals surface area contributed by atoms with Crippen molar-refractivity contribution in [2.24, 2.45) is 0 Å². The van der Waals surface area contributed by atoms with E-state index in [1.54, 1.807) is 0 Å². The quantitative estimate of drug-likeness (QED) is 0.0195. The Bertz CT molecular complexity index is 1990. The van der Waals surface area contributed by atoms with Gasteiger partial charge in [0.05, 0.1) is 27.7 Å². The molecule has 10 heteroatoms. The van der Waals surface area contributed by atoms with Crippen LogP contribution < -0.4 is 4.89 Å². The molecular formula is C94H176NO8P. The summed E-state index contributed by atoms with van der Waals surface area (Å²) in [5.41, 5.74) is 0. The van der Waals surface area contributed by atoms with Crippen LogP contribution in [0.1, 0.15) is 463 Å². The predicted molar refractivity (Wildman–Crippen MR) is 453 cm³/mol. The van der Waals surface area contributed by atoms with Crippen molar-refractivity contribution in [3.8, 4) is 0 Å². The van der Waals surface area contributed by atoms with Gasteiger partial charge in [-0.3, -0.25) is 14.2 Å². The molecule has 0 radical (unpaired) electrons. The number of carbonyl (C=O) groups excluding carboxylic acids is 2. The molecule has 0 N–H and O–H groups in total. The van der Waals surface area contributed by atoms with Crippen molar-refractivity contribution in [1.82, 2.24) is 0 Å². The highest BCUT2D eigenvalue weighted by atomic mass is 31.2. The van der Waals surface area contributed by atoms with E-state index in [1.165, 1.54) is 360 Å². The van der Waals surface area contributed by atoms with Gasteiger partial charge in [0.1, 0.15) is 19.8 Å². The van der Waals surface area contributed by atoms with Gasteiger partial charge in [-0.2, -0.15) is 0 Å². The topological polar surface area (TPSA) is 111 Å². The molecule has 0 rings (SSSR count). The molecule has 0 spiro atoms. The van der Waals surface area contributed by atoms with Gasteiger partial charge in [-0.15, -0.1) is 0 Å². The maximum Gasteiger partial charge on any atom is 0.306 e. The molecule has 0 saturated carbocycles. The van der Waals surface area contributed by atoms with Gasteiger partial charge in [0.2, 0.25) is 0 Å². The minimum Gasteiger partial charge on any atom is -0.756 e. The van der Waals surface area contributed by atoms with Crippen LogP contribution in [0.25, 0.3) is 0 Å². The second kappa shape index (κ2) is 84.5. The summed E-state index contributed by atoms with van der Waals surface area (Å²) < 4.78 is 34.5. The molecule has 0 aromatic carbocycles. The average molecular weight is 1480 g/mol. The predicted octanol–water partition coefficient (Wildman–Crippen LogP) is 30.3. The number of hydrogen-bond donors (Lipinski definition) is 0. The number of quaternary nitrogens is 1. The highest BCUT2D eigenvalue weighted by Crippen LogP contribution is 2.38. The molecule has 0 aromatic heterocycles. The molecule has 0 heterocycles. The number of phosphoric acid groups is 1. The molecular weight excluding hydrogens is 1300 g/mol. The van der Waals surface area contributed by atoms with Gasteiger partial charge in [-0.05, 0) is 64.2 Å². The largest absolute Gasteiger partial charge is 0.756 e. The number of unbranched alkanes of at least 4 members (excludes halogenated alkanes) is 60. The Kier molecular flexibility index (Phi) is 82.4. The summed E-state index contributed by atoms with van der Waals surface area (Å²) in [5, 5.41) is 0. The second-order valence-corrected chi connectivity index (χ2v) is 33.7. The van der Waals surface area contributed by atoms with Crippen LogP contribution >= 0.6 is 7.82 Å². The first kappa shape index (κ1) is 101. The third-order valence-corrected chi connectivity index (χ3v) is 21.7. The van der Waals surface area contributed by atoms with Crippen LogP contribution in [0.2, 0.25) is 0 Å². The Balaban J connectivity index is 3.84. The van der Waals surface area contributed by atoms with Gasteiger partial charge in [0, 0.05) is 12.8 Å². The molecule has 0 fully saturated rings. The van der Waals surface area contributed by atoms with Crippen molar-refractivity contribution >= 4 is 19.8 Å². The first-order chi connectivity index (χ1) is 51.0. The summed E-state index contributed by atoms with van der Waals surface area (Å²) >= 11 is 0. The van der Waals surface area contributed by atoms with Crippen LogP contribution in [0, 0.1) is 0 Å². The molecule has 610 valence electrons. The molecule has 0 bridgehead atoms. The minimum absolute atomic E-state index is 0.0286. The zero-order chi connectivity index (χ0) is 75.4. The summed E-state index contributed by atoms with van der Waals surface area (Å²) in [5.74, 6) is -0.808. The van der Waals surface area contributed by atoms with E-state index in [2.05, 4.69) is 86.8 Å². The fourth-order valence-corrected chi connectivity index (χ4v) is 14.6. The number of esters is 2. The van der Waals surface area contributed by atoms with Gasteiger partial charge in [0.15, 0.2) is 6.10 Å². The second-order valence-electron chi connectivity index (χ2n) is 32.3. The van der Waals surface area contributed by atoms with Crippen molar-refractivity contribution in [3.05, 3.63) is 72.9 Å². The lowest BCUT2D eigenvalue weighted by Gasteiger charge is -2.28. The van der Waals surface area contributed by atoms with E-state index < -0.39 is 26.5 Å². The third-order valence-electron chi connectivity index (χ3n) is 20.7. The number of phosphoric ester groups is 1. The number of hydrogen-bond acceptors (Lipinski definition) is 8. The summed E-state index contributed by atoms with van der Waals surface area (Å²) in [4.78, 5) is 38.3. The Hall–Kier alpha value is -2.55. The third kappa shape index (κ3) is 88.4. The van der Waals surface area contributed by atoms with Crippen LogP contribution in [0.15, 0.2) is 72.9 Å². The average Bonchev–Trinajstić information content (AvgIpc) is 0.915. The lowest BCUT2D eigenvalue weighted by Crippen LogP contribution is -2.37.